The molecule has 1 aliphatic rings. The Balaban J connectivity index is 1.88. The van der Waals surface area contributed by atoms with Gasteiger partial charge in [-0.1, -0.05) is 22.0 Å². The fourth-order valence-corrected chi connectivity index (χ4v) is 3.51. The van der Waals surface area contributed by atoms with Crippen LogP contribution in [0.15, 0.2) is 27.7 Å². The first kappa shape index (κ1) is 20.7. The molecular formula is C19H30BrN5O. The van der Waals surface area contributed by atoms with Crippen LogP contribution in [0.4, 0.5) is 0 Å². The summed E-state index contributed by atoms with van der Waals surface area (Å²) in [6.45, 7) is 8.02. The summed E-state index contributed by atoms with van der Waals surface area (Å²) in [7, 11) is 1.68. The van der Waals surface area contributed by atoms with E-state index in [2.05, 4.69) is 68.8 Å². The summed E-state index contributed by atoms with van der Waals surface area (Å²) in [5.74, 6) is 0.941. The lowest BCUT2D eigenvalue weighted by Crippen LogP contribution is -2.50. The molecule has 1 heterocycles. The van der Waals surface area contributed by atoms with Crippen molar-refractivity contribution in [2.45, 2.75) is 39.3 Å². The summed E-state index contributed by atoms with van der Waals surface area (Å²) in [4.78, 5) is 18.4. The van der Waals surface area contributed by atoms with Crippen molar-refractivity contribution in [2.75, 3.05) is 33.2 Å². The van der Waals surface area contributed by atoms with Gasteiger partial charge in [0.2, 0.25) is 5.91 Å². The molecule has 7 heteroatoms. The van der Waals surface area contributed by atoms with Crippen LogP contribution in [0.2, 0.25) is 0 Å². The minimum atomic E-state index is 0.0798. The molecule has 0 atom stereocenters. The highest BCUT2D eigenvalue weighted by atomic mass is 79.9. The quantitative estimate of drug-likeness (QED) is 0.483. The maximum atomic E-state index is 11.5. The van der Waals surface area contributed by atoms with Gasteiger partial charge < -0.3 is 16.0 Å². The number of carbonyl (C=O) groups excluding carboxylic acids is 1. The number of likely N-dealkylation sites (tertiary alicyclic amines) is 1. The zero-order chi connectivity index (χ0) is 18.9. The number of carbonyl (C=O) groups is 1. The largest absolute Gasteiger partial charge is 0.358 e. The van der Waals surface area contributed by atoms with E-state index in [1.807, 2.05) is 0 Å². The third kappa shape index (κ3) is 6.61. The van der Waals surface area contributed by atoms with E-state index in [1.54, 1.807) is 7.05 Å². The summed E-state index contributed by atoms with van der Waals surface area (Å²) in [6, 6.07) is 6.68. The Bertz CT molecular complexity index is 626. The summed E-state index contributed by atoms with van der Waals surface area (Å²) in [5, 5.41) is 9.57. The molecule has 0 spiro atoms. The zero-order valence-electron chi connectivity index (χ0n) is 15.9. The number of nitrogens with zero attached hydrogens (tertiary/aromatic N) is 2. The highest BCUT2D eigenvalue weighted by molar-refractivity contribution is 9.10. The van der Waals surface area contributed by atoms with E-state index in [1.165, 1.54) is 11.1 Å². The Morgan fingerprint density at radius 2 is 2.08 bits per heavy atom. The van der Waals surface area contributed by atoms with Crippen molar-refractivity contribution in [3.8, 4) is 0 Å². The molecule has 3 N–H and O–H groups in total. The minimum absolute atomic E-state index is 0.0798. The highest BCUT2D eigenvalue weighted by Gasteiger charge is 2.21. The summed E-state index contributed by atoms with van der Waals surface area (Å²) >= 11 is 3.50. The van der Waals surface area contributed by atoms with Crippen LogP contribution in [0, 0.1) is 6.92 Å². The van der Waals surface area contributed by atoms with Gasteiger partial charge in [0.05, 0.1) is 13.1 Å². The number of nitrogens with one attached hydrogen (secondary N) is 3. The Morgan fingerprint density at radius 1 is 1.35 bits per heavy atom. The number of rotatable bonds is 6. The first-order valence-electron chi connectivity index (χ1n) is 9.24. The second-order valence-corrected chi connectivity index (χ2v) is 7.55. The molecule has 0 aliphatic carbocycles. The van der Waals surface area contributed by atoms with Crippen molar-refractivity contribution < 1.29 is 4.79 Å². The average Bonchev–Trinajstić information content (AvgIpc) is 2.62. The molecule has 6 nitrogen and oxygen atoms in total. The highest BCUT2D eigenvalue weighted by Crippen LogP contribution is 2.16. The van der Waals surface area contributed by atoms with E-state index in [4.69, 9.17) is 4.99 Å². The SMILES string of the molecule is CCNC(=NCc1ccc(Br)cc1C)NC1CCN(CC(=O)NC)CC1. The predicted molar refractivity (Wildman–Crippen MR) is 110 cm³/mol. The number of aliphatic imine (C=N–C) groups is 1. The fourth-order valence-electron chi connectivity index (χ4n) is 3.03. The molecular weight excluding hydrogens is 394 g/mol. The maximum absolute atomic E-state index is 11.5. The molecule has 1 fully saturated rings. The van der Waals surface area contributed by atoms with Gasteiger partial charge in [-0.25, -0.2) is 4.99 Å². The number of benzene rings is 1. The third-order valence-electron chi connectivity index (χ3n) is 4.63. The fraction of sp³-hybridized carbons (Fsp3) is 0.579. The molecule has 2 rings (SSSR count). The zero-order valence-corrected chi connectivity index (χ0v) is 17.5. The summed E-state index contributed by atoms with van der Waals surface area (Å²) in [5.41, 5.74) is 2.47. The molecule has 1 saturated heterocycles. The summed E-state index contributed by atoms with van der Waals surface area (Å²) in [6.07, 6.45) is 2.03. The molecule has 26 heavy (non-hydrogen) atoms. The van der Waals surface area contributed by atoms with Gasteiger partial charge in [-0.15, -0.1) is 0 Å². The smallest absolute Gasteiger partial charge is 0.233 e. The molecule has 1 aliphatic heterocycles. The van der Waals surface area contributed by atoms with Crippen molar-refractivity contribution in [3.05, 3.63) is 33.8 Å². The van der Waals surface area contributed by atoms with E-state index < -0.39 is 0 Å². The van der Waals surface area contributed by atoms with Gasteiger partial charge in [-0.2, -0.15) is 0 Å². The van der Waals surface area contributed by atoms with Crippen molar-refractivity contribution in [2.24, 2.45) is 4.99 Å². The van der Waals surface area contributed by atoms with Gasteiger partial charge >= 0.3 is 0 Å². The maximum Gasteiger partial charge on any atom is 0.233 e. The van der Waals surface area contributed by atoms with Gasteiger partial charge in [0.15, 0.2) is 5.96 Å². The second-order valence-electron chi connectivity index (χ2n) is 6.63. The lowest BCUT2D eigenvalue weighted by atomic mass is 10.1. The second kappa shape index (κ2) is 10.5. The average molecular weight is 424 g/mol. The van der Waals surface area contributed by atoms with Crippen LogP contribution in [0.1, 0.15) is 30.9 Å². The van der Waals surface area contributed by atoms with E-state index in [-0.39, 0.29) is 5.91 Å². The van der Waals surface area contributed by atoms with Gasteiger partial charge in [0.25, 0.3) is 0 Å². The number of hydrogen-bond acceptors (Lipinski definition) is 3. The van der Waals surface area contributed by atoms with Crippen LogP contribution < -0.4 is 16.0 Å². The molecule has 144 valence electrons. The molecule has 0 aromatic heterocycles. The third-order valence-corrected chi connectivity index (χ3v) is 5.12. The molecule has 0 radical (unpaired) electrons. The summed E-state index contributed by atoms with van der Waals surface area (Å²) < 4.78 is 1.09. The number of amides is 1. The number of likely N-dealkylation sites (N-methyl/N-ethyl adjacent to an activating group) is 1. The Morgan fingerprint density at radius 3 is 2.69 bits per heavy atom. The molecule has 0 unspecified atom stereocenters. The molecule has 0 saturated carbocycles. The van der Waals surface area contributed by atoms with Gasteiger partial charge in [0.1, 0.15) is 0 Å². The molecule has 0 bridgehead atoms. The van der Waals surface area contributed by atoms with Crippen LogP contribution >= 0.6 is 15.9 Å². The monoisotopic (exact) mass is 423 g/mol. The van der Waals surface area contributed by atoms with Crippen LogP contribution in [-0.4, -0.2) is 56.0 Å². The lowest BCUT2D eigenvalue weighted by Gasteiger charge is -2.32. The Kier molecular flexibility index (Phi) is 8.38. The standard InChI is InChI=1S/C19H30BrN5O/c1-4-22-19(23-12-15-5-6-16(20)11-14(15)2)24-17-7-9-25(10-8-17)13-18(26)21-3/h5-6,11,17H,4,7-10,12-13H2,1-3H3,(H,21,26)(H2,22,23,24). The number of hydrogen-bond donors (Lipinski definition) is 3. The van der Waals surface area contributed by atoms with E-state index >= 15 is 0 Å². The predicted octanol–water partition coefficient (Wildman–Crippen LogP) is 2.02. The van der Waals surface area contributed by atoms with E-state index in [0.29, 0.717) is 19.1 Å². The first-order chi connectivity index (χ1) is 12.5. The molecule has 1 aromatic carbocycles. The Labute approximate surface area is 165 Å². The Hall–Kier alpha value is -1.60. The van der Waals surface area contributed by atoms with Crippen LogP contribution in [0.25, 0.3) is 0 Å². The van der Waals surface area contributed by atoms with Crippen LogP contribution in [0.3, 0.4) is 0 Å². The normalized spacial score (nSPS) is 16.4. The van der Waals surface area contributed by atoms with Gasteiger partial charge in [0, 0.05) is 37.2 Å². The van der Waals surface area contributed by atoms with Gasteiger partial charge in [-0.05, 0) is 49.9 Å². The number of aryl methyl sites for hydroxylation is 1. The molecule has 1 amide bonds. The first-order valence-corrected chi connectivity index (χ1v) is 10.0. The van der Waals surface area contributed by atoms with Crippen molar-refractivity contribution >= 4 is 27.8 Å². The van der Waals surface area contributed by atoms with Crippen molar-refractivity contribution in [1.29, 1.82) is 0 Å². The number of piperidine rings is 1. The lowest BCUT2D eigenvalue weighted by molar-refractivity contribution is -0.122. The van der Waals surface area contributed by atoms with Crippen molar-refractivity contribution in [1.82, 2.24) is 20.9 Å². The van der Waals surface area contributed by atoms with E-state index in [0.717, 1.165) is 42.9 Å². The minimum Gasteiger partial charge on any atom is -0.358 e. The van der Waals surface area contributed by atoms with Crippen LogP contribution in [0.5, 0.6) is 0 Å². The van der Waals surface area contributed by atoms with Crippen LogP contribution in [-0.2, 0) is 11.3 Å². The van der Waals surface area contributed by atoms with E-state index in [9.17, 15) is 4.79 Å². The number of halogens is 1. The topological polar surface area (TPSA) is 68.8 Å². The molecule has 1 aromatic rings. The van der Waals surface area contributed by atoms with Gasteiger partial charge in [-0.3, -0.25) is 9.69 Å². The van der Waals surface area contributed by atoms with Crippen molar-refractivity contribution in [3.63, 3.8) is 0 Å². The number of guanidine groups is 1.